The fourth-order valence-corrected chi connectivity index (χ4v) is 4.21. The summed E-state index contributed by atoms with van der Waals surface area (Å²) >= 11 is 0. The highest BCUT2D eigenvalue weighted by Crippen LogP contribution is 2.58. The van der Waals surface area contributed by atoms with Crippen molar-refractivity contribution in [2.45, 2.75) is 44.8 Å². The average Bonchev–Trinajstić information content (AvgIpc) is 2.89. The summed E-state index contributed by atoms with van der Waals surface area (Å²) in [6.07, 6.45) is 6.95. The van der Waals surface area contributed by atoms with Gasteiger partial charge in [-0.3, -0.25) is 0 Å². The van der Waals surface area contributed by atoms with Gasteiger partial charge in [-0.15, -0.1) is 0 Å². The zero-order valence-electron chi connectivity index (χ0n) is 11.7. The first kappa shape index (κ1) is 13.1. The first-order chi connectivity index (χ1) is 9.13. The van der Waals surface area contributed by atoms with E-state index < -0.39 is 5.79 Å². The van der Waals surface area contributed by atoms with Crippen molar-refractivity contribution in [3.05, 3.63) is 11.6 Å². The number of methoxy groups -OCH3 is 1. The van der Waals surface area contributed by atoms with Gasteiger partial charge in [-0.05, 0) is 25.7 Å². The average molecular weight is 266 g/mol. The van der Waals surface area contributed by atoms with Gasteiger partial charge in [0.1, 0.15) is 0 Å². The van der Waals surface area contributed by atoms with Crippen LogP contribution >= 0.6 is 0 Å². The number of ether oxygens (including phenoxy) is 3. The predicted molar refractivity (Wildman–Crippen MR) is 69.4 cm³/mol. The fraction of sp³-hybridized carbons (Fsp3) is 0.800. The number of carbonyl (C=O) groups is 1. The molecule has 2 aliphatic carbocycles. The molecule has 2 fully saturated rings. The Morgan fingerprint density at radius 3 is 2.79 bits per heavy atom. The summed E-state index contributed by atoms with van der Waals surface area (Å²) in [5.74, 6) is -0.477. The third kappa shape index (κ3) is 1.77. The molecule has 1 heterocycles. The van der Waals surface area contributed by atoms with Crippen LogP contribution in [-0.4, -0.2) is 32.1 Å². The molecule has 0 aromatic heterocycles. The standard InChI is InChI=1S/C15H22O4/c1-14-7-3-5-11(13(16)17-2)12(14)6-4-8-15(14)18-9-10-19-15/h5,12H,3-4,6-10H2,1-2H3/t12-,14-/m0/s1. The number of carbonyl (C=O) groups excluding carboxylic acids is 1. The van der Waals surface area contributed by atoms with Crippen LogP contribution in [0.2, 0.25) is 0 Å². The highest BCUT2D eigenvalue weighted by Gasteiger charge is 2.60. The van der Waals surface area contributed by atoms with Crippen LogP contribution in [0.15, 0.2) is 11.6 Å². The maximum Gasteiger partial charge on any atom is 0.333 e. The molecule has 19 heavy (non-hydrogen) atoms. The van der Waals surface area contributed by atoms with E-state index in [2.05, 4.69) is 6.92 Å². The van der Waals surface area contributed by atoms with Crippen LogP contribution in [0.25, 0.3) is 0 Å². The molecule has 0 radical (unpaired) electrons. The van der Waals surface area contributed by atoms with E-state index in [4.69, 9.17) is 14.2 Å². The van der Waals surface area contributed by atoms with Crippen LogP contribution in [-0.2, 0) is 19.0 Å². The van der Waals surface area contributed by atoms with E-state index in [9.17, 15) is 4.79 Å². The highest BCUT2D eigenvalue weighted by molar-refractivity contribution is 5.89. The van der Waals surface area contributed by atoms with Gasteiger partial charge in [-0.2, -0.15) is 0 Å². The Bertz CT molecular complexity index is 408. The molecule has 0 N–H and O–H groups in total. The Morgan fingerprint density at radius 1 is 1.37 bits per heavy atom. The van der Waals surface area contributed by atoms with E-state index in [1.165, 1.54) is 7.11 Å². The van der Waals surface area contributed by atoms with Crippen LogP contribution in [0.4, 0.5) is 0 Å². The molecule has 0 unspecified atom stereocenters. The lowest BCUT2D eigenvalue weighted by Crippen LogP contribution is -2.56. The van der Waals surface area contributed by atoms with Crippen LogP contribution in [0.3, 0.4) is 0 Å². The first-order valence-electron chi connectivity index (χ1n) is 7.19. The molecule has 2 atom stereocenters. The summed E-state index contributed by atoms with van der Waals surface area (Å²) in [6, 6.07) is 0. The summed E-state index contributed by atoms with van der Waals surface area (Å²) < 4.78 is 17.0. The number of esters is 1. The van der Waals surface area contributed by atoms with Crippen molar-refractivity contribution in [3.8, 4) is 0 Å². The number of hydrogen-bond acceptors (Lipinski definition) is 4. The van der Waals surface area contributed by atoms with Crippen molar-refractivity contribution in [1.29, 1.82) is 0 Å². The Balaban J connectivity index is 1.97. The topological polar surface area (TPSA) is 44.8 Å². The largest absolute Gasteiger partial charge is 0.466 e. The molecular formula is C15H22O4. The van der Waals surface area contributed by atoms with Gasteiger partial charge in [-0.25, -0.2) is 4.79 Å². The highest BCUT2D eigenvalue weighted by atomic mass is 16.7. The molecule has 1 saturated heterocycles. The second kappa shape index (κ2) is 4.60. The molecule has 0 aromatic carbocycles. The second-order valence-corrected chi connectivity index (χ2v) is 6.00. The van der Waals surface area contributed by atoms with E-state index in [0.717, 1.165) is 37.7 Å². The molecule has 4 heteroatoms. The number of rotatable bonds is 1. The molecule has 1 spiro atoms. The lowest BCUT2D eigenvalue weighted by Gasteiger charge is -2.54. The maximum absolute atomic E-state index is 12.0. The van der Waals surface area contributed by atoms with E-state index in [1.54, 1.807) is 0 Å². The van der Waals surface area contributed by atoms with Crippen molar-refractivity contribution in [3.63, 3.8) is 0 Å². The SMILES string of the molecule is COC(=O)C1=CCC[C@@]2(C)[C@H]1CCCC21OCCO1. The second-order valence-electron chi connectivity index (χ2n) is 6.00. The summed E-state index contributed by atoms with van der Waals surface area (Å²) in [7, 11) is 1.45. The van der Waals surface area contributed by atoms with E-state index in [-0.39, 0.29) is 17.3 Å². The van der Waals surface area contributed by atoms with Gasteiger partial charge >= 0.3 is 5.97 Å². The Labute approximate surface area is 114 Å². The minimum atomic E-state index is -0.483. The Morgan fingerprint density at radius 2 is 2.11 bits per heavy atom. The van der Waals surface area contributed by atoms with Crippen LogP contribution < -0.4 is 0 Å². The third-order valence-corrected chi connectivity index (χ3v) is 5.22. The normalized spacial score (nSPS) is 36.7. The summed E-state index contributed by atoms with van der Waals surface area (Å²) in [5.41, 5.74) is 0.717. The van der Waals surface area contributed by atoms with Crippen LogP contribution in [0, 0.1) is 11.3 Å². The maximum atomic E-state index is 12.0. The predicted octanol–water partition coefficient (Wildman–Crippen LogP) is 2.43. The van der Waals surface area contributed by atoms with E-state index in [0.29, 0.717) is 13.2 Å². The number of hydrogen-bond donors (Lipinski definition) is 0. The lowest BCUT2D eigenvalue weighted by molar-refractivity contribution is -0.267. The van der Waals surface area contributed by atoms with Crippen molar-refractivity contribution >= 4 is 5.97 Å². The third-order valence-electron chi connectivity index (χ3n) is 5.22. The number of allylic oxidation sites excluding steroid dienone is 1. The van der Waals surface area contributed by atoms with Crippen molar-refractivity contribution in [2.24, 2.45) is 11.3 Å². The quantitative estimate of drug-likeness (QED) is 0.684. The molecule has 3 rings (SSSR count). The Kier molecular flexibility index (Phi) is 3.18. The molecule has 0 aromatic rings. The molecule has 0 bridgehead atoms. The smallest absolute Gasteiger partial charge is 0.333 e. The van der Waals surface area contributed by atoms with Crippen LogP contribution in [0.5, 0.6) is 0 Å². The van der Waals surface area contributed by atoms with Gasteiger partial charge in [0.25, 0.3) is 0 Å². The van der Waals surface area contributed by atoms with Crippen molar-refractivity contribution in [1.82, 2.24) is 0 Å². The van der Waals surface area contributed by atoms with E-state index in [1.807, 2.05) is 6.08 Å². The van der Waals surface area contributed by atoms with Crippen molar-refractivity contribution in [2.75, 3.05) is 20.3 Å². The summed E-state index contributed by atoms with van der Waals surface area (Å²) in [5, 5.41) is 0. The summed E-state index contributed by atoms with van der Waals surface area (Å²) in [6.45, 7) is 3.55. The van der Waals surface area contributed by atoms with Gasteiger partial charge in [0.05, 0.1) is 20.3 Å². The Hall–Kier alpha value is -0.870. The summed E-state index contributed by atoms with van der Waals surface area (Å²) in [4.78, 5) is 12.0. The van der Waals surface area contributed by atoms with Crippen molar-refractivity contribution < 1.29 is 19.0 Å². The molecule has 106 valence electrons. The van der Waals surface area contributed by atoms with E-state index >= 15 is 0 Å². The molecule has 1 aliphatic heterocycles. The van der Waals surface area contributed by atoms with Gasteiger partial charge in [0, 0.05) is 23.3 Å². The monoisotopic (exact) mass is 266 g/mol. The molecule has 1 saturated carbocycles. The zero-order chi connectivity index (χ0) is 13.5. The van der Waals surface area contributed by atoms with Gasteiger partial charge < -0.3 is 14.2 Å². The van der Waals surface area contributed by atoms with Crippen LogP contribution in [0.1, 0.15) is 39.0 Å². The minimum absolute atomic E-state index is 0.111. The van der Waals surface area contributed by atoms with Gasteiger partial charge in [-0.1, -0.05) is 13.0 Å². The molecular weight excluding hydrogens is 244 g/mol. The van der Waals surface area contributed by atoms with Gasteiger partial charge in [0.2, 0.25) is 0 Å². The first-order valence-corrected chi connectivity index (χ1v) is 7.19. The number of fused-ring (bicyclic) bond motifs is 2. The zero-order valence-corrected chi connectivity index (χ0v) is 11.7. The molecule has 0 amide bonds. The fourth-order valence-electron chi connectivity index (χ4n) is 4.21. The lowest BCUT2D eigenvalue weighted by atomic mass is 9.57. The van der Waals surface area contributed by atoms with Gasteiger partial charge in [0.15, 0.2) is 5.79 Å². The minimum Gasteiger partial charge on any atom is -0.466 e. The molecule has 4 nitrogen and oxygen atoms in total. The molecule has 3 aliphatic rings.